The minimum atomic E-state index is 0. The van der Waals surface area contributed by atoms with E-state index in [1.165, 1.54) is 45.3 Å². The standard InChI is InChI=1S/C15H27N5.ClH/c1-3-20-12(2)17-18-15(20)11-19-8-6-14(7-9-19)16-10-13-4-5-13;/h13-14,16H,3-11H2,1-2H3;1H. The minimum Gasteiger partial charge on any atom is -0.314 e. The predicted molar refractivity (Wildman–Crippen MR) is 86.7 cm³/mol. The first kappa shape index (κ1) is 16.7. The van der Waals surface area contributed by atoms with E-state index in [0.29, 0.717) is 0 Å². The molecule has 0 bridgehead atoms. The van der Waals surface area contributed by atoms with Gasteiger partial charge in [0.25, 0.3) is 0 Å². The molecule has 1 aliphatic carbocycles. The van der Waals surface area contributed by atoms with Crippen LogP contribution in [0, 0.1) is 12.8 Å². The summed E-state index contributed by atoms with van der Waals surface area (Å²) >= 11 is 0. The van der Waals surface area contributed by atoms with Crippen molar-refractivity contribution in [1.82, 2.24) is 25.0 Å². The van der Waals surface area contributed by atoms with Crippen molar-refractivity contribution in [2.75, 3.05) is 19.6 Å². The quantitative estimate of drug-likeness (QED) is 0.872. The van der Waals surface area contributed by atoms with Gasteiger partial charge in [-0.3, -0.25) is 4.90 Å². The first-order chi connectivity index (χ1) is 9.76. The summed E-state index contributed by atoms with van der Waals surface area (Å²) in [6.45, 7) is 9.71. The molecule has 1 aliphatic heterocycles. The lowest BCUT2D eigenvalue weighted by Crippen LogP contribution is -2.43. The average Bonchev–Trinajstić information content (AvgIpc) is 3.23. The van der Waals surface area contributed by atoms with Gasteiger partial charge in [0.05, 0.1) is 6.54 Å². The molecule has 5 nitrogen and oxygen atoms in total. The maximum Gasteiger partial charge on any atom is 0.147 e. The second kappa shape index (κ2) is 7.56. The van der Waals surface area contributed by atoms with Crippen LogP contribution in [-0.4, -0.2) is 45.3 Å². The molecule has 1 aromatic rings. The number of piperidine rings is 1. The van der Waals surface area contributed by atoms with E-state index in [1.807, 2.05) is 6.92 Å². The summed E-state index contributed by atoms with van der Waals surface area (Å²) in [5.74, 6) is 3.14. The zero-order chi connectivity index (χ0) is 13.9. The second-order valence-corrected chi connectivity index (χ2v) is 6.31. The van der Waals surface area contributed by atoms with Crippen molar-refractivity contribution in [2.24, 2.45) is 5.92 Å². The molecule has 2 heterocycles. The Balaban J connectivity index is 0.00000161. The van der Waals surface area contributed by atoms with Gasteiger partial charge in [0.15, 0.2) is 0 Å². The highest BCUT2D eigenvalue weighted by Gasteiger charge is 2.24. The molecule has 1 saturated carbocycles. The topological polar surface area (TPSA) is 46.0 Å². The third-order valence-corrected chi connectivity index (χ3v) is 4.67. The number of nitrogens with zero attached hydrogens (tertiary/aromatic N) is 4. The van der Waals surface area contributed by atoms with Crippen molar-refractivity contribution in [1.29, 1.82) is 0 Å². The SMILES string of the molecule is CCn1c(C)nnc1CN1CCC(NCC2CC2)CC1.Cl. The molecule has 1 aromatic heterocycles. The zero-order valence-corrected chi connectivity index (χ0v) is 14.0. The zero-order valence-electron chi connectivity index (χ0n) is 13.2. The highest BCUT2D eigenvalue weighted by atomic mass is 35.5. The summed E-state index contributed by atoms with van der Waals surface area (Å²) in [7, 11) is 0. The first-order valence-electron chi connectivity index (χ1n) is 8.10. The molecule has 0 radical (unpaired) electrons. The van der Waals surface area contributed by atoms with Crippen molar-refractivity contribution >= 4 is 12.4 Å². The lowest BCUT2D eigenvalue weighted by atomic mass is 10.0. The Bertz CT molecular complexity index is 435. The van der Waals surface area contributed by atoms with Crippen LogP contribution in [-0.2, 0) is 13.1 Å². The van der Waals surface area contributed by atoms with E-state index in [0.717, 1.165) is 36.7 Å². The van der Waals surface area contributed by atoms with Gasteiger partial charge in [0.2, 0.25) is 0 Å². The largest absolute Gasteiger partial charge is 0.314 e. The summed E-state index contributed by atoms with van der Waals surface area (Å²) in [6, 6.07) is 0.734. The van der Waals surface area contributed by atoms with Crippen LogP contribution in [0.25, 0.3) is 0 Å². The Morgan fingerprint density at radius 1 is 1.14 bits per heavy atom. The maximum absolute atomic E-state index is 4.32. The first-order valence-corrected chi connectivity index (χ1v) is 8.10. The fraction of sp³-hybridized carbons (Fsp3) is 0.867. The Morgan fingerprint density at radius 3 is 2.48 bits per heavy atom. The molecule has 0 atom stereocenters. The molecule has 0 aromatic carbocycles. The van der Waals surface area contributed by atoms with Gasteiger partial charge >= 0.3 is 0 Å². The third kappa shape index (κ3) is 4.41. The number of aryl methyl sites for hydroxylation is 1. The molecule has 3 rings (SSSR count). The molecule has 2 aliphatic rings. The van der Waals surface area contributed by atoms with E-state index in [2.05, 4.69) is 31.9 Å². The van der Waals surface area contributed by atoms with Crippen LogP contribution in [0.1, 0.15) is 44.3 Å². The van der Waals surface area contributed by atoms with Gasteiger partial charge in [0.1, 0.15) is 11.6 Å². The summed E-state index contributed by atoms with van der Waals surface area (Å²) in [6.07, 6.45) is 5.42. The Hall–Kier alpha value is -0.650. The molecule has 21 heavy (non-hydrogen) atoms. The van der Waals surface area contributed by atoms with Gasteiger partial charge < -0.3 is 9.88 Å². The molecule has 0 amide bonds. The summed E-state index contributed by atoms with van der Waals surface area (Å²) in [5, 5.41) is 12.3. The second-order valence-electron chi connectivity index (χ2n) is 6.31. The molecule has 6 heteroatoms. The fourth-order valence-electron chi connectivity index (χ4n) is 3.10. The number of likely N-dealkylation sites (tertiary alicyclic amines) is 1. The number of rotatable bonds is 6. The Labute approximate surface area is 133 Å². The average molecular weight is 314 g/mol. The van der Waals surface area contributed by atoms with E-state index in [9.17, 15) is 0 Å². The molecule has 1 saturated heterocycles. The van der Waals surface area contributed by atoms with E-state index in [-0.39, 0.29) is 12.4 Å². The minimum absolute atomic E-state index is 0. The van der Waals surface area contributed by atoms with Gasteiger partial charge in [-0.2, -0.15) is 0 Å². The molecule has 120 valence electrons. The number of hydrogen-bond acceptors (Lipinski definition) is 4. The van der Waals surface area contributed by atoms with Gasteiger partial charge in [0, 0.05) is 25.7 Å². The van der Waals surface area contributed by atoms with Crippen LogP contribution in [0.2, 0.25) is 0 Å². The Morgan fingerprint density at radius 2 is 1.86 bits per heavy atom. The van der Waals surface area contributed by atoms with Crippen LogP contribution in [0.15, 0.2) is 0 Å². The van der Waals surface area contributed by atoms with Gasteiger partial charge in [-0.15, -0.1) is 22.6 Å². The molecular formula is C15H28ClN5. The summed E-state index contributed by atoms with van der Waals surface area (Å²) in [4.78, 5) is 2.52. The van der Waals surface area contributed by atoms with Crippen molar-refractivity contribution in [3.05, 3.63) is 11.6 Å². The predicted octanol–water partition coefficient (Wildman–Crippen LogP) is 1.99. The smallest absolute Gasteiger partial charge is 0.147 e. The van der Waals surface area contributed by atoms with Crippen LogP contribution < -0.4 is 5.32 Å². The molecule has 0 spiro atoms. The maximum atomic E-state index is 4.32. The number of hydrogen-bond donors (Lipinski definition) is 1. The van der Waals surface area contributed by atoms with E-state index >= 15 is 0 Å². The lowest BCUT2D eigenvalue weighted by Gasteiger charge is -2.32. The van der Waals surface area contributed by atoms with Crippen LogP contribution >= 0.6 is 12.4 Å². The lowest BCUT2D eigenvalue weighted by molar-refractivity contribution is 0.184. The van der Waals surface area contributed by atoms with E-state index in [4.69, 9.17) is 0 Å². The van der Waals surface area contributed by atoms with Gasteiger partial charge in [-0.25, -0.2) is 0 Å². The van der Waals surface area contributed by atoms with Crippen molar-refractivity contribution in [3.8, 4) is 0 Å². The molecule has 0 unspecified atom stereocenters. The number of nitrogens with one attached hydrogen (secondary N) is 1. The summed E-state index contributed by atoms with van der Waals surface area (Å²) in [5.41, 5.74) is 0. The van der Waals surface area contributed by atoms with Gasteiger partial charge in [-0.05, 0) is 52.0 Å². The van der Waals surface area contributed by atoms with Crippen LogP contribution in [0.5, 0.6) is 0 Å². The van der Waals surface area contributed by atoms with Crippen LogP contribution in [0.3, 0.4) is 0 Å². The van der Waals surface area contributed by atoms with E-state index < -0.39 is 0 Å². The van der Waals surface area contributed by atoms with Crippen molar-refractivity contribution in [2.45, 2.75) is 58.7 Å². The van der Waals surface area contributed by atoms with Crippen molar-refractivity contribution in [3.63, 3.8) is 0 Å². The highest BCUT2D eigenvalue weighted by Crippen LogP contribution is 2.28. The van der Waals surface area contributed by atoms with Gasteiger partial charge in [-0.1, -0.05) is 0 Å². The Kier molecular flexibility index (Phi) is 6.02. The highest BCUT2D eigenvalue weighted by molar-refractivity contribution is 5.85. The molecular weight excluding hydrogens is 286 g/mol. The van der Waals surface area contributed by atoms with E-state index in [1.54, 1.807) is 0 Å². The summed E-state index contributed by atoms with van der Waals surface area (Å²) < 4.78 is 2.22. The molecule has 1 N–H and O–H groups in total. The monoisotopic (exact) mass is 313 g/mol. The molecule has 2 fully saturated rings. The third-order valence-electron chi connectivity index (χ3n) is 4.67. The van der Waals surface area contributed by atoms with Crippen molar-refractivity contribution < 1.29 is 0 Å². The number of halogens is 1. The number of aromatic nitrogens is 3. The normalized spacial score (nSPS) is 20.5. The fourth-order valence-corrected chi connectivity index (χ4v) is 3.10. The van der Waals surface area contributed by atoms with Crippen LogP contribution in [0.4, 0.5) is 0 Å².